The van der Waals surface area contributed by atoms with Gasteiger partial charge in [0.05, 0.1) is 36.8 Å². The van der Waals surface area contributed by atoms with Crippen molar-refractivity contribution in [2.24, 2.45) is 5.92 Å². The average Bonchev–Trinajstić information content (AvgIpc) is 3.12. The van der Waals surface area contributed by atoms with Crippen LogP contribution in [-0.4, -0.2) is 77.7 Å². The number of carbonyl (C=O) groups is 1. The van der Waals surface area contributed by atoms with Gasteiger partial charge < -0.3 is 20.5 Å². The van der Waals surface area contributed by atoms with Gasteiger partial charge >= 0.3 is 6.18 Å². The smallest absolute Gasteiger partial charge is 0.394 e. The molecule has 0 spiro atoms. The lowest BCUT2D eigenvalue weighted by Gasteiger charge is -2.46. The largest absolute Gasteiger partial charge is 0.416 e. The summed E-state index contributed by atoms with van der Waals surface area (Å²) in [5.41, 5.74) is -0.332. The van der Waals surface area contributed by atoms with Crippen molar-refractivity contribution in [3.63, 3.8) is 0 Å². The van der Waals surface area contributed by atoms with E-state index in [0.717, 1.165) is 44.7 Å². The van der Waals surface area contributed by atoms with Crippen LogP contribution in [-0.2, 0) is 22.3 Å². The number of aliphatic hydroxyl groups excluding tert-OH is 1. The average molecular weight is 484 g/mol. The number of methoxy groups -OCH3 is 1. The second-order valence-corrected chi connectivity index (χ2v) is 9.23. The van der Waals surface area contributed by atoms with Crippen LogP contribution in [0.1, 0.15) is 31.2 Å². The van der Waals surface area contributed by atoms with Crippen molar-refractivity contribution in [1.82, 2.24) is 20.0 Å². The number of aliphatic hydroxyl groups is 1. The van der Waals surface area contributed by atoms with Crippen molar-refractivity contribution >= 4 is 22.6 Å². The number of nitrogens with zero attached hydrogens (tertiary/aromatic N) is 3. The summed E-state index contributed by atoms with van der Waals surface area (Å²) in [6.07, 6.45) is 0.159. The SMILES string of the molecule is COCC1CCC(N2CC(NC(=O)CNc3nn(CCO)c4ccc(C(F)(F)F)cc34)C2)CC1. The van der Waals surface area contributed by atoms with Crippen LogP contribution in [0.5, 0.6) is 0 Å². The molecule has 3 N–H and O–H groups in total. The molecule has 1 aromatic carbocycles. The van der Waals surface area contributed by atoms with E-state index in [-0.39, 0.29) is 42.8 Å². The van der Waals surface area contributed by atoms with Gasteiger partial charge in [0, 0.05) is 38.2 Å². The Morgan fingerprint density at radius 3 is 2.62 bits per heavy atom. The quantitative estimate of drug-likeness (QED) is 0.508. The Labute approximate surface area is 196 Å². The molecule has 0 radical (unpaired) electrons. The lowest BCUT2D eigenvalue weighted by Crippen LogP contribution is -2.63. The lowest BCUT2D eigenvalue weighted by molar-refractivity contribution is -0.137. The Balaban J connectivity index is 1.29. The van der Waals surface area contributed by atoms with Gasteiger partial charge in [0.25, 0.3) is 0 Å². The molecule has 0 atom stereocenters. The molecule has 0 unspecified atom stereocenters. The third kappa shape index (κ3) is 5.64. The number of likely N-dealkylation sites (tertiary alicyclic amines) is 1. The highest BCUT2D eigenvalue weighted by Gasteiger charge is 2.35. The first kappa shape index (κ1) is 24.7. The van der Waals surface area contributed by atoms with Crippen LogP contribution >= 0.6 is 0 Å². The van der Waals surface area contributed by atoms with Crippen molar-refractivity contribution in [3.05, 3.63) is 23.8 Å². The molecule has 2 heterocycles. The van der Waals surface area contributed by atoms with Gasteiger partial charge in [-0.2, -0.15) is 18.3 Å². The molecule has 2 aliphatic rings. The monoisotopic (exact) mass is 483 g/mol. The van der Waals surface area contributed by atoms with E-state index in [9.17, 15) is 23.1 Å². The van der Waals surface area contributed by atoms with Crippen molar-refractivity contribution < 1.29 is 27.8 Å². The summed E-state index contributed by atoms with van der Waals surface area (Å²) in [4.78, 5) is 14.9. The minimum atomic E-state index is -4.49. The molecule has 2 aromatic rings. The molecule has 1 aliphatic heterocycles. The maximum atomic E-state index is 13.2. The van der Waals surface area contributed by atoms with Crippen molar-refractivity contribution in [2.75, 3.05) is 45.3 Å². The molecule has 34 heavy (non-hydrogen) atoms. The number of nitrogens with one attached hydrogen (secondary N) is 2. The fourth-order valence-electron chi connectivity index (χ4n) is 5.01. The van der Waals surface area contributed by atoms with E-state index < -0.39 is 11.7 Å². The first-order chi connectivity index (χ1) is 16.3. The molecule has 1 saturated heterocycles. The molecule has 0 bridgehead atoms. The zero-order chi connectivity index (χ0) is 24.3. The highest BCUT2D eigenvalue weighted by molar-refractivity contribution is 5.92. The normalized spacial score (nSPS) is 22.0. The Kier molecular flexibility index (Phi) is 7.63. The highest BCUT2D eigenvalue weighted by atomic mass is 19.4. The number of aromatic nitrogens is 2. The summed E-state index contributed by atoms with van der Waals surface area (Å²) in [5, 5.41) is 19.6. The van der Waals surface area contributed by atoms with E-state index >= 15 is 0 Å². The summed E-state index contributed by atoms with van der Waals surface area (Å²) in [7, 11) is 1.74. The first-order valence-corrected chi connectivity index (χ1v) is 11.7. The van der Waals surface area contributed by atoms with Crippen LogP contribution in [0.25, 0.3) is 10.9 Å². The van der Waals surface area contributed by atoms with Crippen LogP contribution in [0.3, 0.4) is 0 Å². The van der Waals surface area contributed by atoms with Gasteiger partial charge in [0.15, 0.2) is 5.82 Å². The number of hydrogen-bond acceptors (Lipinski definition) is 6. The molecule has 1 amide bonds. The lowest BCUT2D eigenvalue weighted by atomic mass is 9.84. The van der Waals surface area contributed by atoms with Gasteiger partial charge in [0.1, 0.15) is 0 Å². The molecule has 2 fully saturated rings. The maximum absolute atomic E-state index is 13.2. The minimum Gasteiger partial charge on any atom is -0.394 e. The van der Waals surface area contributed by atoms with Crippen molar-refractivity contribution in [2.45, 2.75) is 50.5 Å². The maximum Gasteiger partial charge on any atom is 0.416 e. The highest BCUT2D eigenvalue weighted by Crippen LogP contribution is 2.34. The van der Waals surface area contributed by atoms with E-state index in [1.165, 1.54) is 23.6 Å². The summed E-state index contributed by atoms with van der Waals surface area (Å²) in [5.74, 6) is 0.603. The molecule has 1 saturated carbocycles. The van der Waals surface area contributed by atoms with Gasteiger partial charge in [-0.25, -0.2) is 0 Å². The van der Waals surface area contributed by atoms with E-state index in [2.05, 4.69) is 20.6 Å². The van der Waals surface area contributed by atoms with Crippen LogP contribution in [0.4, 0.5) is 19.0 Å². The fraction of sp³-hybridized carbons (Fsp3) is 0.652. The molecule has 4 rings (SSSR count). The third-order valence-corrected chi connectivity index (χ3v) is 6.82. The molecular weight excluding hydrogens is 451 g/mol. The molecule has 1 aromatic heterocycles. The predicted molar refractivity (Wildman–Crippen MR) is 121 cm³/mol. The van der Waals surface area contributed by atoms with Crippen LogP contribution in [0.2, 0.25) is 0 Å². The second-order valence-electron chi connectivity index (χ2n) is 9.23. The van der Waals surface area contributed by atoms with Crippen molar-refractivity contribution in [1.29, 1.82) is 0 Å². The zero-order valence-electron chi connectivity index (χ0n) is 19.3. The molecule has 188 valence electrons. The molecule has 8 nitrogen and oxygen atoms in total. The van der Waals surface area contributed by atoms with Gasteiger partial charge in [-0.15, -0.1) is 0 Å². The number of alkyl halides is 3. The minimum absolute atomic E-state index is 0.0755. The van der Waals surface area contributed by atoms with E-state index in [1.54, 1.807) is 7.11 Å². The number of carbonyl (C=O) groups excluding carboxylic acids is 1. The van der Waals surface area contributed by atoms with Gasteiger partial charge in [0.2, 0.25) is 5.91 Å². The van der Waals surface area contributed by atoms with Gasteiger partial charge in [-0.3, -0.25) is 14.4 Å². The van der Waals surface area contributed by atoms with Crippen LogP contribution < -0.4 is 10.6 Å². The summed E-state index contributed by atoms with van der Waals surface area (Å²) in [6.45, 7) is 2.29. The summed E-state index contributed by atoms with van der Waals surface area (Å²) >= 11 is 0. The Morgan fingerprint density at radius 1 is 1.24 bits per heavy atom. The van der Waals surface area contributed by atoms with E-state index in [1.807, 2.05) is 0 Å². The Bertz CT molecular complexity index is 982. The summed E-state index contributed by atoms with van der Waals surface area (Å²) < 4.78 is 46.2. The zero-order valence-corrected chi connectivity index (χ0v) is 19.3. The van der Waals surface area contributed by atoms with Gasteiger partial charge in [-0.05, 0) is 49.8 Å². The van der Waals surface area contributed by atoms with E-state index in [4.69, 9.17) is 4.74 Å². The number of fused-ring (bicyclic) bond motifs is 1. The topological polar surface area (TPSA) is 91.7 Å². The second kappa shape index (κ2) is 10.5. The number of benzene rings is 1. The standard InChI is InChI=1S/C23H32F3N5O3/c1-34-14-15-2-5-18(6-3-15)30-12-17(13-30)28-21(33)11-27-22-19-10-16(23(24,25)26)4-7-20(19)31(29-22)8-9-32/h4,7,10,15,17-18,32H,2-3,5-6,8-9,11-14H2,1H3,(H,27,29)(H,28,33). The summed E-state index contributed by atoms with van der Waals surface area (Å²) in [6, 6.07) is 3.97. The van der Waals surface area contributed by atoms with Crippen LogP contribution in [0, 0.1) is 5.92 Å². The third-order valence-electron chi connectivity index (χ3n) is 6.82. The number of anilines is 1. The van der Waals surface area contributed by atoms with Crippen molar-refractivity contribution in [3.8, 4) is 0 Å². The van der Waals surface area contributed by atoms with Gasteiger partial charge in [-0.1, -0.05) is 0 Å². The Morgan fingerprint density at radius 2 is 1.97 bits per heavy atom. The van der Waals surface area contributed by atoms with E-state index in [0.29, 0.717) is 17.5 Å². The number of amides is 1. The number of halogens is 3. The predicted octanol–water partition coefficient (Wildman–Crippen LogP) is 2.46. The Hall–Kier alpha value is -2.37. The molecule has 1 aliphatic carbocycles. The molecular formula is C23H32F3N5O3. The fourth-order valence-corrected chi connectivity index (χ4v) is 5.01. The van der Waals surface area contributed by atoms with Crippen LogP contribution in [0.15, 0.2) is 18.2 Å². The number of hydrogen-bond donors (Lipinski definition) is 3. The first-order valence-electron chi connectivity index (χ1n) is 11.7. The number of ether oxygens (including phenoxy) is 1. The number of rotatable bonds is 9. The molecule has 11 heteroatoms.